The number of aryl methyl sites for hydroxylation is 2. The Balaban J connectivity index is 1.12. The zero-order chi connectivity index (χ0) is 29.9. The predicted molar refractivity (Wildman–Crippen MR) is 178 cm³/mol. The van der Waals surface area contributed by atoms with Gasteiger partial charge in [-0.2, -0.15) is 0 Å². The van der Waals surface area contributed by atoms with E-state index in [1.165, 1.54) is 39.9 Å². The number of thioether (sulfide) groups is 2. The summed E-state index contributed by atoms with van der Waals surface area (Å²) in [4.78, 5) is 4.73. The van der Waals surface area contributed by atoms with Crippen LogP contribution in [0.25, 0.3) is 0 Å². The fraction of sp³-hybridized carbons (Fsp3) is 0.571. The summed E-state index contributed by atoms with van der Waals surface area (Å²) in [6, 6.07) is 0. The second kappa shape index (κ2) is 18.0. The van der Waals surface area contributed by atoms with E-state index in [1.807, 2.05) is 0 Å². The van der Waals surface area contributed by atoms with E-state index in [4.69, 9.17) is 18.9 Å². The summed E-state index contributed by atoms with van der Waals surface area (Å²) in [5.41, 5.74) is 5.02. The summed E-state index contributed by atoms with van der Waals surface area (Å²) in [5, 5.41) is 11.3. The molecule has 0 aromatic carbocycles. The van der Waals surface area contributed by atoms with E-state index < -0.39 is 0 Å². The van der Waals surface area contributed by atoms with Gasteiger partial charge in [0.2, 0.25) is 0 Å². The maximum atomic E-state index is 5.94. The molecule has 2 aliphatic rings. The Bertz CT molecular complexity index is 1280. The molecular formula is C28H40N4O4S4Se2. The summed E-state index contributed by atoms with van der Waals surface area (Å²) in [6.45, 7) is 17.0. The van der Waals surface area contributed by atoms with Crippen LogP contribution in [0.15, 0.2) is 43.0 Å². The number of nitrogens with zero attached hydrogens (tertiary/aromatic N) is 4. The van der Waals surface area contributed by atoms with Gasteiger partial charge in [-0.1, -0.05) is 23.5 Å². The van der Waals surface area contributed by atoms with Crippen molar-refractivity contribution in [2.45, 2.75) is 40.8 Å². The Morgan fingerprint density at radius 3 is 1.24 bits per heavy atom. The average molecular weight is 783 g/mol. The van der Waals surface area contributed by atoms with E-state index >= 15 is 0 Å². The fourth-order valence-electron chi connectivity index (χ4n) is 4.36. The third-order valence-electron chi connectivity index (χ3n) is 6.74. The van der Waals surface area contributed by atoms with Crippen LogP contribution in [0.5, 0.6) is 0 Å². The second-order valence-corrected chi connectivity index (χ2v) is 15.9. The first-order valence-corrected chi connectivity index (χ1v) is 19.2. The first-order valence-electron chi connectivity index (χ1n) is 13.9. The van der Waals surface area contributed by atoms with Gasteiger partial charge in [0.05, 0.1) is 0 Å². The molecule has 0 fully saturated rings. The summed E-state index contributed by atoms with van der Waals surface area (Å²) in [7, 11) is 0. The first-order chi connectivity index (χ1) is 20.4. The van der Waals surface area contributed by atoms with Gasteiger partial charge in [0.25, 0.3) is 0 Å². The van der Waals surface area contributed by atoms with E-state index in [-0.39, 0.29) is 0 Å². The zero-order valence-corrected chi connectivity index (χ0v) is 31.4. The predicted octanol–water partition coefficient (Wildman–Crippen LogP) is 5.14. The SMILES string of the molecule is CC1=CS/C(=C2/SC=C(C)N2CCOCCOCCn2c(C)csc2=[Se])N1CCOCCOCCn1c(C)csc1=[Se]. The molecule has 0 saturated heterocycles. The third kappa shape index (κ3) is 9.83. The molecule has 232 valence electrons. The molecule has 8 nitrogen and oxygen atoms in total. The van der Waals surface area contributed by atoms with E-state index in [1.54, 1.807) is 46.2 Å². The van der Waals surface area contributed by atoms with Gasteiger partial charge in [-0.25, -0.2) is 0 Å². The summed E-state index contributed by atoms with van der Waals surface area (Å²) in [5.74, 6) is 0. The molecule has 0 saturated carbocycles. The summed E-state index contributed by atoms with van der Waals surface area (Å²) < 4.78 is 30.4. The fourth-order valence-corrected chi connectivity index (χ4v) is 9.73. The van der Waals surface area contributed by atoms with Crippen molar-refractivity contribution in [3.63, 3.8) is 0 Å². The molecule has 0 bridgehead atoms. The van der Waals surface area contributed by atoms with Crippen LogP contribution in [-0.4, -0.2) is 116 Å². The van der Waals surface area contributed by atoms with Crippen molar-refractivity contribution >= 4 is 77.3 Å². The van der Waals surface area contributed by atoms with Crippen LogP contribution in [0.1, 0.15) is 25.2 Å². The van der Waals surface area contributed by atoms with Crippen molar-refractivity contribution in [2.75, 3.05) is 65.9 Å². The number of aromatic nitrogens is 2. The standard InChI is InChI=1S/C28H40N4O4S4Se2/c1-21-17-37-25(29(21)5-9-33-13-15-35-11-7-31-23(3)19-39-27(31)41)26-30(22(2)18-38-26)6-10-34-14-16-36-12-8-32-24(4)20-40-28(32)42/h17-20H,5-16H2,1-4H3/b26-25+. The number of rotatable bonds is 18. The van der Waals surface area contributed by atoms with Crippen molar-refractivity contribution in [3.05, 3.63) is 61.4 Å². The molecule has 0 radical (unpaired) electrons. The normalized spacial score (nSPS) is 17.0. The van der Waals surface area contributed by atoms with Crippen molar-refractivity contribution in [3.8, 4) is 0 Å². The zero-order valence-electron chi connectivity index (χ0n) is 24.7. The molecule has 14 heteroatoms. The van der Waals surface area contributed by atoms with Crippen LogP contribution in [0.2, 0.25) is 0 Å². The van der Waals surface area contributed by atoms with Crippen LogP contribution in [0.3, 0.4) is 0 Å². The van der Waals surface area contributed by atoms with Crippen molar-refractivity contribution in [1.82, 2.24) is 18.9 Å². The molecule has 0 atom stereocenters. The number of allylic oxidation sites excluding steroid dienone is 2. The summed E-state index contributed by atoms with van der Waals surface area (Å²) in [6.07, 6.45) is 0. The molecule has 2 aliphatic heterocycles. The van der Waals surface area contributed by atoms with Gasteiger partial charge in [-0.15, -0.1) is 0 Å². The van der Waals surface area contributed by atoms with Gasteiger partial charge in [-0.05, 0) is 24.7 Å². The first kappa shape index (κ1) is 34.5. The van der Waals surface area contributed by atoms with Gasteiger partial charge < -0.3 is 0 Å². The van der Waals surface area contributed by atoms with Crippen LogP contribution in [0, 0.1) is 20.9 Å². The molecule has 2 aromatic rings. The molecule has 0 unspecified atom stereocenters. The van der Waals surface area contributed by atoms with Crippen LogP contribution in [0.4, 0.5) is 0 Å². The minimum atomic E-state index is 0.599. The second-order valence-electron chi connectivity index (χ2n) is 9.71. The Kier molecular flexibility index (Phi) is 14.8. The Morgan fingerprint density at radius 2 is 0.905 bits per heavy atom. The van der Waals surface area contributed by atoms with Crippen LogP contribution >= 0.6 is 46.2 Å². The number of thiazole rings is 2. The van der Waals surface area contributed by atoms with Gasteiger partial charge in [-0.3, -0.25) is 0 Å². The topological polar surface area (TPSA) is 53.3 Å². The number of hydrogen-bond acceptors (Lipinski definition) is 10. The summed E-state index contributed by atoms with van der Waals surface area (Å²) >= 11 is 13.3. The number of hydrogen-bond donors (Lipinski definition) is 0. The quantitative estimate of drug-likeness (QED) is 0.152. The van der Waals surface area contributed by atoms with Crippen molar-refractivity contribution in [1.29, 1.82) is 0 Å². The van der Waals surface area contributed by atoms with Gasteiger partial charge in [0, 0.05) is 0 Å². The molecule has 0 amide bonds. The van der Waals surface area contributed by atoms with Crippen molar-refractivity contribution < 1.29 is 18.9 Å². The van der Waals surface area contributed by atoms with Crippen LogP contribution < -0.4 is 0 Å². The average Bonchev–Trinajstić information content (AvgIpc) is 3.71. The Labute approximate surface area is 281 Å². The molecule has 4 rings (SSSR count). The maximum absolute atomic E-state index is 5.94. The molecular weight excluding hydrogens is 743 g/mol. The van der Waals surface area contributed by atoms with E-state index in [0.717, 1.165) is 26.2 Å². The van der Waals surface area contributed by atoms with Gasteiger partial charge in [0.1, 0.15) is 0 Å². The van der Waals surface area contributed by atoms with Gasteiger partial charge >= 0.3 is 235 Å². The van der Waals surface area contributed by atoms with E-state index in [2.05, 4.69) is 99.4 Å². The molecule has 42 heavy (non-hydrogen) atoms. The van der Waals surface area contributed by atoms with Crippen LogP contribution in [-0.2, 0) is 32.0 Å². The van der Waals surface area contributed by atoms with E-state index in [9.17, 15) is 0 Å². The molecule has 2 aromatic heterocycles. The molecule has 0 spiro atoms. The Morgan fingerprint density at radius 1 is 0.548 bits per heavy atom. The molecule has 0 N–H and O–H groups in total. The third-order valence-corrected chi connectivity index (χ3v) is 13.0. The van der Waals surface area contributed by atoms with Gasteiger partial charge in [0.15, 0.2) is 0 Å². The Hall–Kier alpha value is -0.341. The molecule has 0 aliphatic carbocycles. The van der Waals surface area contributed by atoms with E-state index in [0.29, 0.717) is 52.9 Å². The monoisotopic (exact) mass is 784 g/mol. The van der Waals surface area contributed by atoms with Crippen molar-refractivity contribution in [2.24, 2.45) is 0 Å². The number of ether oxygens (including phenoxy) is 4. The minimum absolute atomic E-state index is 0.599. The molecule has 4 heterocycles.